The Morgan fingerprint density at radius 3 is 2.33 bits per heavy atom. The molecule has 8 nitrogen and oxygen atoms in total. The van der Waals surface area contributed by atoms with Crippen molar-refractivity contribution in [1.82, 2.24) is 10.6 Å². The molecule has 1 aromatic carbocycles. The summed E-state index contributed by atoms with van der Waals surface area (Å²) in [6.07, 6.45) is 7.84. The minimum atomic E-state index is -0.833. The molecule has 1 unspecified atom stereocenters. The first-order valence-electron chi connectivity index (χ1n) is 14.4. The quantitative estimate of drug-likeness (QED) is 0.415. The van der Waals surface area contributed by atoms with Crippen LogP contribution in [0.25, 0.3) is 0 Å². The average molecular weight is 545 g/mol. The smallest absolute Gasteiger partial charge is 0.309 e. The standard InChI is InChI=1S/C30H41FN2O6/c1-29(9-4-10-29)16-32-27(35)24-17-5-6-18(13-17)25(24)33-26(34)20-14-23(21(31)15-22(20)38-3)39-19-7-11-30(2,12-8-19)28(36)37/h14-15,17-19,24-25H,4-13,16H2,1-3H3,(H,32,35)(H,33,34)(H,36,37)/t17-,18+,19?,24+,25?,30?/m1/s1. The number of hydrogen-bond donors (Lipinski definition) is 3. The summed E-state index contributed by atoms with van der Waals surface area (Å²) >= 11 is 0. The number of rotatable bonds is 9. The summed E-state index contributed by atoms with van der Waals surface area (Å²) in [5.41, 5.74) is -0.472. The number of carbonyl (C=O) groups excluding carboxylic acids is 2. The second-order valence-corrected chi connectivity index (χ2v) is 12.9. The van der Waals surface area contributed by atoms with Crippen molar-refractivity contribution in [2.24, 2.45) is 28.6 Å². The van der Waals surface area contributed by atoms with Crippen LogP contribution in [-0.2, 0) is 9.59 Å². The molecule has 4 fully saturated rings. The molecule has 4 atom stereocenters. The van der Waals surface area contributed by atoms with E-state index in [2.05, 4.69) is 17.6 Å². The second kappa shape index (κ2) is 10.6. The average Bonchev–Trinajstić information content (AvgIpc) is 3.50. The normalized spacial score (nSPS) is 32.7. The Morgan fingerprint density at radius 2 is 1.72 bits per heavy atom. The fourth-order valence-corrected chi connectivity index (χ4v) is 7.19. The van der Waals surface area contributed by atoms with Crippen molar-refractivity contribution in [2.45, 2.75) is 90.2 Å². The van der Waals surface area contributed by atoms with E-state index >= 15 is 0 Å². The Labute approximate surface area is 229 Å². The summed E-state index contributed by atoms with van der Waals surface area (Å²) in [6, 6.07) is 2.24. The SMILES string of the molecule is COc1cc(F)c(OC2CCC(C)(C(=O)O)CC2)cc1C(=O)NC1[C@H]2CC[C@H](C2)[C@@H]1C(=O)NCC1(C)CCC1. The van der Waals surface area contributed by atoms with E-state index in [0.717, 1.165) is 38.2 Å². The van der Waals surface area contributed by atoms with Crippen molar-refractivity contribution in [2.75, 3.05) is 13.7 Å². The molecule has 0 saturated heterocycles. The summed E-state index contributed by atoms with van der Waals surface area (Å²) in [7, 11) is 1.38. The van der Waals surface area contributed by atoms with Crippen molar-refractivity contribution in [3.63, 3.8) is 0 Å². The first-order chi connectivity index (χ1) is 18.5. The number of carboxylic acids is 1. The van der Waals surface area contributed by atoms with Crippen LogP contribution < -0.4 is 20.1 Å². The van der Waals surface area contributed by atoms with Gasteiger partial charge in [0, 0.05) is 18.7 Å². The summed E-state index contributed by atoms with van der Waals surface area (Å²) < 4.78 is 26.2. The first kappa shape index (κ1) is 27.7. The highest BCUT2D eigenvalue weighted by molar-refractivity contribution is 5.98. The van der Waals surface area contributed by atoms with Gasteiger partial charge in [-0.3, -0.25) is 14.4 Å². The lowest BCUT2D eigenvalue weighted by atomic mass is 9.70. The van der Waals surface area contributed by atoms with Gasteiger partial charge < -0.3 is 25.2 Å². The summed E-state index contributed by atoms with van der Waals surface area (Å²) in [5.74, 6) is -1.61. The summed E-state index contributed by atoms with van der Waals surface area (Å²) in [5, 5.41) is 15.8. The van der Waals surface area contributed by atoms with E-state index in [1.165, 1.54) is 19.6 Å². The fourth-order valence-electron chi connectivity index (χ4n) is 7.19. The number of fused-ring (bicyclic) bond motifs is 2. The van der Waals surface area contributed by atoms with Crippen LogP contribution in [0.4, 0.5) is 4.39 Å². The maximum Gasteiger partial charge on any atom is 0.309 e. The molecule has 214 valence electrons. The van der Waals surface area contributed by atoms with Crippen molar-refractivity contribution < 1.29 is 33.4 Å². The van der Waals surface area contributed by atoms with Crippen molar-refractivity contribution in [1.29, 1.82) is 0 Å². The van der Waals surface area contributed by atoms with E-state index in [1.807, 2.05) is 0 Å². The lowest BCUT2D eigenvalue weighted by Crippen LogP contribution is -2.51. The Morgan fingerprint density at radius 1 is 1.03 bits per heavy atom. The Kier molecular flexibility index (Phi) is 7.55. The number of ether oxygens (including phenoxy) is 2. The molecule has 3 N–H and O–H groups in total. The molecule has 2 amide bonds. The highest BCUT2D eigenvalue weighted by atomic mass is 19.1. The molecule has 0 aromatic heterocycles. The van der Waals surface area contributed by atoms with Crippen molar-refractivity contribution >= 4 is 17.8 Å². The second-order valence-electron chi connectivity index (χ2n) is 12.9. The van der Waals surface area contributed by atoms with Crippen LogP contribution in [0.15, 0.2) is 12.1 Å². The van der Waals surface area contributed by atoms with Crippen molar-refractivity contribution in [3.05, 3.63) is 23.5 Å². The van der Waals surface area contributed by atoms with Crippen molar-refractivity contribution in [3.8, 4) is 11.5 Å². The third-order valence-electron chi connectivity index (χ3n) is 10.1. The van der Waals surface area contributed by atoms with Gasteiger partial charge in [-0.1, -0.05) is 13.3 Å². The van der Waals surface area contributed by atoms with Gasteiger partial charge in [0.05, 0.1) is 30.1 Å². The molecule has 5 rings (SSSR count). The highest BCUT2D eigenvalue weighted by Gasteiger charge is 2.51. The molecular formula is C30H41FN2O6. The van der Waals surface area contributed by atoms with Gasteiger partial charge in [-0.2, -0.15) is 0 Å². The molecule has 9 heteroatoms. The Balaban J connectivity index is 1.28. The minimum absolute atomic E-state index is 0.0152. The van der Waals surface area contributed by atoms with Crippen LogP contribution >= 0.6 is 0 Å². The van der Waals surface area contributed by atoms with Gasteiger partial charge in [0.1, 0.15) is 5.75 Å². The largest absolute Gasteiger partial charge is 0.496 e. The van der Waals surface area contributed by atoms with E-state index in [-0.39, 0.29) is 58.3 Å². The van der Waals surface area contributed by atoms with E-state index in [1.54, 1.807) is 6.92 Å². The molecule has 0 radical (unpaired) electrons. The van der Waals surface area contributed by atoms with Gasteiger partial charge >= 0.3 is 5.97 Å². The van der Waals surface area contributed by atoms with E-state index in [0.29, 0.717) is 32.2 Å². The van der Waals surface area contributed by atoms with Crippen LogP contribution in [0.2, 0.25) is 0 Å². The molecule has 39 heavy (non-hydrogen) atoms. The number of hydrogen-bond acceptors (Lipinski definition) is 5. The summed E-state index contributed by atoms with van der Waals surface area (Å²) in [4.78, 5) is 38.4. The minimum Gasteiger partial charge on any atom is -0.496 e. The molecule has 4 saturated carbocycles. The van der Waals surface area contributed by atoms with Gasteiger partial charge in [0.2, 0.25) is 5.91 Å². The molecule has 4 aliphatic carbocycles. The zero-order chi connectivity index (χ0) is 27.9. The zero-order valence-electron chi connectivity index (χ0n) is 23.2. The van der Waals surface area contributed by atoms with Gasteiger partial charge in [-0.05, 0) is 88.0 Å². The predicted octanol–water partition coefficient (Wildman–Crippen LogP) is 4.70. The predicted molar refractivity (Wildman–Crippen MR) is 142 cm³/mol. The number of carbonyl (C=O) groups is 3. The number of methoxy groups -OCH3 is 1. The van der Waals surface area contributed by atoms with E-state index in [9.17, 15) is 23.9 Å². The number of carboxylic acid groups (broad SMARTS) is 1. The van der Waals surface area contributed by atoms with Gasteiger partial charge in [-0.25, -0.2) is 4.39 Å². The number of amides is 2. The van der Waals surface area contributed by atoms with Crippen LogP contribution in [0, 0.1) is 34.4 Å². The molecule has 1 aromatic rings. The monoisotopic (exact) mass is 544 g/mol. The Hall–Kier alpha value is -2.84. The van der Waals surface area contributed by atoms with Crippen LogP contribution in [0.1, 0.15) is 88.4 Å². The molecule has 2 bridgehead atoms. The first-order valence-corrected chi connectivity index (χ1v) is 14.4. The van der Waals surface area contributed by atoms with Gasteiger partial charge in [-0.15, -0.1) is 0 Å². The number of nitrogens with one attached hydrogen (secondary N) is 2. The zero-order valence-corrected chi connectivity index (χ0v) is 23.2. The van der Waals surface area contributed by atoms with Crippen LogP contribution in [0.3, 0.4) is 0 Å². The number of halogens is 1. The number of benzene rings is 1. The third kappa shape index (κ3) is 5.46. The lowest BCUT2D eigenvalue weighted by molar-refractivity contribution is -0.150. The third-order valence-corrected chi connectivity index (χ3v) is 10.1. The maximum absolute atomic E-state index is 14.9. The van der Waals surface area contributed by atoms with E-state index in [4.69, 9.17) is 9.47 Å². The van der Waals surface area contributed by atoms with E-state index < -0.39 is 23.1 Å². The van der Waals surface area contributed by atoms with Crippen LogP contribution in [-0.4, -0.2) is 48.7 Å². The topological polar surface area (TPSA) is 114 Å². The van der Waals surface area contributed by atoms with Gasteiger partial charge in [0.25, 0.3) is 5.91 Å². The lowest BCUT2D eigenvalue weighted by Gasteiger charge is -2.39. The molecule has 0 aliphatic heterocycles. The summed E-state index contributed by atoms with van der Waals surface area (Å²) in [6.45, 7) is 4.59. The fraction of sp³-hybridized carbons (Fsp3) is 0.700. The number of aliphatic carboxylic acids is 1. The molecule has 4 aliphatic rings. The maximum atomic E-state index is 14.9. The molecular weight excluding hydrogens is 503 g/mol. The Bertz CT molecular complexity index is 1130. The highest BCUT2D eigenvalue weighted by Crippen LogP contribution is 2.49. The van der Waals surface area contributed by atoms with Crippen LogP contribution in [0.5, 0.6) is 11.5 Å². The molecule has 0 spiro atoms. The molecule has 0 heterocycles. The van der Waals surface area contributed by atoms with Gasteiger partial charge in [0.15, 0.2) is 11.6 Å².